The van der Waals surface area contributed by atoms with E-state index in [4.69, 9.17) is 4.99 Å². The van der Waals surface area contributed by atoms with Crippen molar-refractivity contribution in [1.82, 2.24) is 25.4 Å². The van der Waals surface area contributed by atoms with Crippen LogP contribution >= 0.6 is 11.3 Å². The fourth-order valence-electron chi connectivity index (χ4n) is 2.90. The molecule has 1 aliphatic rings. The highest BCUT2D eigenvalue weighted by Gasteiger charge is 2.16. The summed E-state index contributed by atoms with van der Waals surface area (Å²) in [6, 6.07) is 2.69. The van der Waals surface area contributed by atoms with Gasteiger partial charge in [-0.3, -0.25) is 0 Å². The summed E-state index contributed by atoms with van der Waals surface area (Å²) in [4.78, 5) is 6.09. The van der Waals surface area contributed by atoms with Crippen LogP contribution in [0.1, 0.15) is 47.8 Å². The molecule has 3 rings (SSSR count). The van der Waals surface area contributed by atoms with E-state index < -0.39 is 0 Å². The molecule has 1 aliphatic carbocycles. The average Bonchev–Trinajstić information content (AvgIpc) is 3.28. The maximum atomic E-state index is 4.74. The highest BCUT2D eigenvalue weighted by molar-refractivity contribution is 7.10. The lowest BCUT2D eigenvalue weighted by Crippen LogP contribution is -2.42. The summed E-state index contributed by atoms with van der Waals surface area (Å²) < 4.78 is 1.99. The third-order valence-corrected chi connectivity index (χ3v) is 5.66. The minimum atomic E-state index is 0.530. The third-order valence-electron chi connectivity index (χ3n) is 4.64. The normalized spacial score (nSPS) is 15.9. The maximum Gasteiger partial charge on any atom is 0.192 e. The Labute approximate surface area is 147 Å². The number of aryl methyl sites for hydroxylation is 2. The monoisotopic (exact) mass is 346 g/mol. The molecular weight excluding hydrogens is 320 g/mol. The number of aliphatic imine (C=N–C) groups is 1. The van der Waals surface area contributed by atoms with Crippen molar-refractivity contribution in [2.24, 2.45) is 12.0 Å². The van der Waals surface area contributed by atoms with Crippen LogP contribution < -0.4 is 10.6 Å². The number of aromatic nitrogens is 3. The van der Waals surface area contributed by atoms with Gasteiger partial charge in [-0.2, -0.15) is 0 Å². The molecule has 1 saturated carbocycles. The predicted molar refractivity (Wildman–Crippen MR) is 98.2 cm³/mol. The Morgan fingerprint density at radius 3 is 2.75 bits per heavy atom. The second-order valence-corrected chi connectivity index (χ2v) is 7.39. The molecule has 7 heteroatoms. The summed E-state index contributed by atoms with van der Waals surface area (Å²) >= 11 is 1.78. The van der Waals surface area contributed by atoms with Crippen molar-refractivity contribution >= 4 is 17.3 Å². The molecular formula is C17H26N6S. The van der Waals surface area contributed by atoms with Crippen molar-refractivity contribution in [1.29, 1.82) is 0 Å². The van der Waals surface area contributed by atoms with Crippen LogP contribution in [0.5, 0.6) is 0 Å². The number of rotatable bonds is 5. The van der Waals surface area contributed by atoms with Gasteiger partial charge in [-0.15, -0.1) is 21.5 Å². The second-order valence-electron chi connectivity index (χ2n) is 6.39. The van der Waals surface area contributed by atoms with Gasteiger partial charge in [0.25, 0.3) is 0 Å². The first-order valence-electron chi connectivity index (χ1n) is 8.56. The number of hydrogen-bond acceptors (Lipinski definition) is 4. The largest absolute Gasteiger partial charge is 0.354 e. The van der Waals surface area contributed by atoms with Crippen molar-refractivity contribution in [3.8, 4) is 0 Å². The summed E-state index contributed by atoms with van der Waals surface area (Å²) in [5.74, 6) is 2.66. The Morgan fingerprint density at radius 1 is 1.33 bits per heavy atom. The Hall–Kier alpha value is -1.89. The molecule has 0 aromatic carbocycles. The van der Waals surface area contributed by atoms with E-state index in [-0.39, 0.29) is 0 Å². The van der Waals surface area contributed by atoms with E-state index >= 15 is 0 Å². The van der Waals surface area contributed by atoms with Crippen LogP contribution in [0.15, 0.2) is 16.4 Å². The minimum absolute atomic E-state index is 0.530. The van der Waals surface area contributed by atoms with Gasteiger partial charge < -0.3 is 15.2 Å². The molecule has 2 N–H and O–H groups in total. The van der Waals surface area contributed by atoms with Crippen LogP contribution in [0.4, 0.5) is 0 Å². The number of hydrogen-bond donors (Lipinski definition) is 2. The molecule has 0 spiro atoms. The van der Waals surface area contributed by atoms with Crippen LogP contribution in [0, 0.1) is 13.8 Å². The third kappa shape index (κ3) is 4.14. The van der Waals surface area contributed by atoms with Crippen molar-refractivity contribution in [2.45, 2.75) is 58.7 Å². The average molecular weight is 347 g/mol. The SMILES string of the molecule is Cc1ccsc1CNC(=NCc1nnc(C)n1C)NC1CCCC1. The number of thiophene rings is 1. The van der Waals surface area contributed by atoms with E-state index in [9.17, 15) is 0 Å². The second kappa shape index (κ2) is 7.79. The molecule has 6 nitrogen and oxygen atoms in total. The van der Waals surface area contributed by atoms with Crippen molar-refractivity contribution in [3.63, 3.8) is 0 Å². The van der Waals surface area contributed by atoms with E-state index in [0.717, 1.165) is 24.2 Å². The van der Waals surface area contributed by atoms with E-state index in [1.165, 1.54) is 36.1 Å². The Bertz CT molecular complexity index is 696. The molecule has 1 fully saturated rings. The summed E-state index contributed by atoms with van der Waals surface area (Å²) in [5.41, 5.74) is 1.33. The quantitative estimate of drug-likeness (QED) is 0.645. The molecule has 0 radical (unpaired) electrons. The van der Waals surface area contributed by atoms with Crippen LogP contribution in [0.2, 0.25) is 0 Å². The fraction of sp³-hybridized carbons (Fsp3) is 0.588. The van der Waals surface area contributed by atoms with E-state index in [1.807, 2.05) is 18.5 Å². The van der Waals surface area contributed by atoms with Gasteiger partial charge in [0.15, 0.2) is 11.8 Å². The molecule has 0 saturated heterocycles. The molecule has 2 aromatic heterocycles. The highest BCUT2D eigenvalue weighted by atomic mass is 32.1. The van der Waals surface area contributed by atoms with Gasteiger partial charge in [-0.1, -0.05) is 12.8 Å². The van der Waals surface area contributed by atoms with Crippen LogP contribution in [0.25, 0.3) is 0 Å². The van der Waals surface area contributed by atoms with Gasteiger partial charge >= 0.3 is 0 Å². The van der Waals surface area contributed by atoms with Gasteiger partial charge in [0.2, 0.25) is 0 Å². The lowest BCUT2D eigenvalue weighted by atomic mass is 10.2. The van der Waals surface area contributed by atoms with Crippen molar-refractivity contribution in [2.75, 3.05) is 0 Å². The topological polar surface area (TPSA) is 67.1 Å². The molecule has 24 heavy (non-hydrogen) atoms. The highest BCUT2D eigenvalue weighted by Crippen LogP contribution is 2.18. The van der Waals surface area contributed by atoms with Gasteiger partial charge in [-0.25, -0.2) is 4.99 Å². The summed E-state index contributed by atoms with van der Waals surface area (Å²) in [6.07, 6.45) is 5.05. The zero-order valence-electron chi connectivity index (χ0n) is 14.7. The summed E-state index contributed by atoms with van der Waals surface area (Å²) in [5, 5.41) is 17.5. The van der Waals surface area contributed by atoms with E-state index in [2.05, 4.69) is 39.2 Å². The molecule has 0 aliphatic heterocycles. The minimum Gasteiger partial charge on any atom is -0.354 e. The fourth-order valence-corrected chi connectivity index (χ4v) is 3.75. The van der Waals surface area contributed by atoms with Gasteiger partial charge in [0.05, 0.1) is 6.54 Å². The van der Waals surface area contributed by atoms with Gasteiger partial charge in [0, 0.05) is 18.0 Å². The molecule has 130 valence electrons. The van der Waals surface area contributed by atoms with Crippen molar-refractivity contribution in [3.05, 3.63) is 33.5 Å². The maximum absolute atomic E-state index is 4.74. The molecule has 0 bridgehead atoms. The van der Waals surface area contributed by atoms with Crippen molar-refractivity contribution < 1.29 is 0 Å². The first kappa shape index (κ1) is 17.0. The zero-order chi connectivity index (χ0) is 16.9. The Morgan fingerprint density at radius 2 is 2.12 bits per heavy atom. The smallest absolute Gasteiger partial charge is 0.192 e. The summed E-state index contributed by atoms with van der Waals surface area (Å²) in [7, 11) is 1.98. The standard InChI is InChI=1S/C17H26N6S/c1-12-8-9-24-15(12)10-18-17(20-14-6-4-5-7-14)19-11-16-22-21-13(2)23(16)3/h8-9,14H,4-7,10-11H2,1-3H3,(H2,18,19,20). The molecule has 2 heterocycles. The molecule has 0 amide bonds. The number of nitrogens with one attached hydrogen (secondary N) is 2. The first-order valence-corrected chi connectivity index (χ1v) is 9.44. The molecule has 2 aromatic rings. The van der Waals surface area contributed by atoms with Gasteiger partial charge in [0.1, 0.15) is 12.4 Å². The van der Waals surface area contributed by atoms with Gasteiger partial charge in [-0.05, 0) is 43.7 Å². The van der Waals surface area contributed by atoms with E-state index in [1.54, 1.807) is 11.3 Å². The lowest BCUT2D eigenvalue weighted by molar-refractivity contribution is 0.610. The van der Waals surface area contributed by atoms with Crippen LogP contribution in [-0.2, 0) is 20.1 Å². The Balaban J connectivity index is 1.67. The van der Waals surface area contributed by atoms with Crippen LogP contribution in [-0.4, -0.2) is 26.8 Å². The number of guanidine groups is 1. The first-order chi connectivity index (χ1) is 11.6. The Kier molecular flexibility index (Phi) is 5.50. The number of nitrogens with zero attached hydrogens (tertiary/aromatic N) is 4. The summed E-state index contributed by atoms with van der Waals surface area (Å²) in [6.45, 7) is 5.44. The van der Waals surface area contributed by atoms with E-state index in [0.29, 0.717) is 12.6 Å². The predicted octanol–water partition coefficient (Wildman–Crippen LogP) is 2.67. The molecule has 0 atom stereocenters. The molecule has 0 unspecified atom stereocenters. The zero-order valence-corrected chi connectivity index (χ0v) is 15.5. The lowest BCUT2D eigenvalue weighted by Gasteiger charge is -2.17. The van der Waals surface area contributed by atoms with Crippen LogP contribution in [0.3, 0.4) is 0 Å².